The van der Waals surface area contributed by atoms with Crippen LogP contribution in [-0.2, 0) is 0 Å². The van der Waals surface area contributed by atoms with Gasteiger partial charge < -0.3 is 0 Å². The molecule has 1 aliphatic carbocycles. The number of hydrogen-bond donors (Lipinski definition) is 1. The minimum Gasteiger partial charge on any atom is -0.298 e. The summed E-state index contributed by atoms with van der Waals surface area (Å²) in [5.74, 6) is 0. The van der Waals surface area contributed by atoms with E-state index in [1.807, 2.05) is 0 Å². The van der Waals surface area contributed by atoms with Crippen LogP contribution in [0, 0.1) is 11.3 Å². The fourth-order valence-electron chi connectivity index (χ4n) is 4.20. The second-order valence-electron chi connectivity index (χ2n) is 7.22. The van der Waals surface area contributed by atoms with Gasteiger partial charge in [0.05, 0.1) is 6.07 Å². The highest BCUT2D eigenvalue weighted by Crippen LogP contribution is 2.32. The van der Waals surface area contributed by atoms with Crippen molar-refractivity contribution >= 4 is 0 Å². The van der Waals surface area contributed by atoms with Gasteiger partial charge in [-0.2, -0.15) is 5.26 Å². The van der Waals surface area contributed by atoms with Crippen LogP contribution >= 0.6 is 0 Å². The minimum absolute atomic E-state index is 0.303. The first-order valence-corrected chi connectivity index (χ1v) is 8.66. The summed E-state index contributed by atoms with van der Waals surface area (Å²) in [5.41, 5.74) is -0.303. The van der Waals surface area contributed by atoms with Gasteiger partial charge >= 0.3 is 0 Å². The lowest BCUT2D eigenvalue weighted by Gasteiger charge is -2.47. The van der Waals surface area contributed by atoms with Crippen LogP contribution in [0.3, 0.4) is 0 Å². The summed E-state index contributed by atoms with van der Waals surface area (Å²) < 4.78 is 0. The summed E-state index contributed by atoms with van der Waals surface area (Å²) >= 11 is 0. The van der Waals surface area contributed by atoms with Crippen LogP contribution in [0.4, 0.5) is 0 Å². The molecule has 1 heterocycles. The molecule has 1 N–H and O–H groups in total. The molecule has 1 aliphatic heterocycles. The van der Waals surface area contributed by atoms with Gasteiger partial charge in [-0.1, -0.05) is 6.92 Å². The van der Waals surface area contributed by atoms with E-state index in [9.17, 15) is 5.26 Å². The monoisotopic (exact) mass is 292 g/mol. The predicted molar refractivity (Wildman–Crippen MR) is 87.2 cm³/mol. The third-order valence-corrected chi connectivity index (χ3v) is 5.22. The Kier molecular flexibility index (Phi) is 5.65. The molecule has 1 saturated heterocycles. The lowest BCUT2D eigenvalue weighted by atomic mass is 9.78. The van der Waals surface area contributed by atoms with Crippen LogP contribution in [0.25, 0.3) is 0 Å². The normalized spacial score (nSPS) is 35.8. The maximum absolute atomic E-state index is 9.70. The number of piperazine rings is 1. The van der Waals surface area contributed by atoms with Gasteiger partial charge in [-0.3, -0.25) is 15.1 Å². The Labute approximate surface area is 130 Å². The zero-order valence-electron chi connectivity index (χ0n) is 14.2. The molecule has 0 aromatic heterocycles. The molecular formula is C17H32N4. The molecule has 0 radical (unpaired) electrons. The van der Waals surface area contributed by atoms with Crippen LogP contribution in [0.15, 0.2) is 0 Å². The number of rotatable bonds is 4. The highest BCUT2D eigenvalue weighted by atomic mass is 15.3. The van der Waals surface area contributed by atoms with E-state index >= 15 is 0 Å². The Morgan fingerprint density at radius 3 is 2.71 bits per heavy atom. The van der Waals surface area contributed by atoms with E-state index in [2.05, 4.69) is 48.9 Å². The Balaban J connectivity index is 1.99. The molecule has 0 aromatic carbocycles. The fourth-order valence-corrected chi connectivity index (χ4v) is 4.20. The van der Waals surface area contributed by atoms with Gasteiger partial charge in [0.15, 0.2) is 0 Å². The summed E-state index contributed by atoms with van der Waals surface area (Å²) in [5, 5.41) is 13.2. The summed E-state index contributed by atoms with van der Waals surface area (Å²) in [4.78, 5) is 5.20. The molecule has 3 unspecified atom stereocenters. The van der Waals surface area contributed by atoms with Gasteiger partial charge in [-0.05, 0) is 53.0 Å². The minimum atomic E-state index is -0.303. The maximum atomic E-state index is 9.70. The average Bonchev–Trinajstić information content (AvgIpc) is 2.46. The Morgan fingerprint density at radius 1 is 1.38 bits per heavy atom. The van der Waals surface area contributed by atoms with E-state index in [4.69, 9.17) is 0 Å². The fraction of sp³-hybridized carbons (Fsp3) is 0.941. The first kappa shape index (κ1) is 16.7. The van der Waals surface area contributed by atoms with E-state index < -0.39 is 0 Å². The number of nitriles is 1. The van der Waals surface area contributed by atoms with Gasteiger partial charge in [0.25, 0.3) is 0 Å². The third kappa shape index (κ3) is 3.97. The van der Waals surface area contributed by atoms with Gasteiger partial charge in [0, 0.05) is 37.8 Å². The Hall–Kier alpha value is -0.630. The van der Waals surface area contributed by atoms with Gasteiger partial charge in [-0.15, -0.1) is 0 Å². The van der Waals surface area contributed by atoms with E-state index in [-0.39, 0.29) is 5.54 Å². The second kappa shape index (κ2) is 7.09. The van der Waals surface area contributed by atoms with Gasteiger partial charge in [0.1, 0.15) is 5.54 Å². The molecule has 0 aromatic rings. The van der Waals surface area contributed by atoms with E-state index in [0.717, 1.165) is 32.5 Å². The highest BCUT2D eigenvalue weighted by molar-refractivity contribution is 5.12. The van der Waals surface area contributed by atoms with Crippen LogP contribution in [0.1, 0.15) is 53.4 Å². The lowest BCUT2D eigenvalue weighted by molar-refractivity contribution is 0.0340. The van der Waals surface area contributed by atoms with E-state index in [1.54, 1.807) is 0 Å². The molecule has 2 rings (SSSR count). The Bertz CT molecular complexity index is 375. The number of hydrogen-bond acceptors (Lipinski definition) is 4. The number of nitrogens with zero attached hydrogens (tertiary/aromatic N) is 3. The molecule has 1 saturated carbocycles. The van der Waals surface area contributed by atoms with Crippen LogP contribution < -0.4 is 5.32 Å². The first-order chi connectivity index (χ1) is 9.99. The molecule has 0 bridgehead atoms. The standard InChI is InChI=1S/C17H32N4/c1-5-20-9-10-21(12-15(20)4)16-7-6-8-17(11-16,13-18)19-14(2)3/h14-16,19H,5-12H2,1-4H3. The van der Waals surface area contributed by atoms with Crippen molar-refractivity contribution < 1.29 is 0 Å². The average molecular weight is 292 g/mol. The molecule has 2 aliphatic rings. The third-order valence-electron chi connectivity index (χ3n) is 5.22. The summed E-state index contributed by atoms with van der Waals surface area (Å²) in [6, 6.07) is 4.19. The zero-order chi connectivity index (χ0) is 15.5. The smallest absolute Gasteiger partial charge is 0.108 e. The van der Waals surface area contributed by atoms with Gasteiger partial charge in [-0.25, -0.2) is 0 Å². The SMILES string of the molecule is CCN1CCN(C2CCCC(C#N)(NC(C)C)C2)CC1C. The molecule has 4 heteroatoms. The molecule has 0 amide bonds. The molecular weight excluding hydrogens is 260 g/mol. The second-order valence-corrected chi connectivity index (χ2v) is 7.22. The largest absolute Gasteiger partial charge is 0.298 e. The summed E-state index contributed by atoms with van der Waals surface area (Å²) in [6.07, 6.45) is 4.41. The van der Waals surface area contributed by atoms with Gasteiger partial charge in [0.2, 0.25) is 0 Å². The molecule has 120 valence electrons. The quantitative estimate of drug-likeness (QED) is 0.863. The van der Waals surface area contributed by atoms with Crippen molar-refractivity contribution in [3.05, 3.63) is 0 Å². The van der Waals surface area contributed by atoms with Crippen molar-refractivity contribution in [2.24, 2.45) is 0 Å². The molecule has 2 fully saturated rings. The van der Waals surface area contributed by atoms with E-state index in [0.29, 0.717) is 18.1 Å². The van der Waals surface area contributed by atoms with E-state index in [1.165, 1.54) is 19.4 Å². The van der Waals surface area contributed by atoms with Crippen molar-refractivity contribution in [2.75, 3.05) is 26.2 Å². The van der Waals surface area contributed by atoms with Crippen LogP contribution in [0.2, 0.25) is 0 Å². The first-order valence-electron chi connectivity index (χ1n) is 8.66. The molecule has 3 atom stereocenters. The predicted octanol–water partition coefficient (Wildman–Crippen LogP) is 2.22. The number of likely N-dealkylation sites (N-methyl/N-ethyl adjacent to an activating group) is 1. The summed E-state index contributed by atoms with van der Waals surface area (Å²) in [6.45, 7) is 13.5. The zero-order valence-corrected chi connectivity index (χ0v) is 14.2. The van der Waals surface area contributed by atoms with Crippen molar-refractivity contribution in [1.82, 2.24) is 15.1 Å². The molecule has 4 nitrogen and oxygen atoms in total. The van der Waals surface area contributed by atoms with Crippen molar-refractivity contribution in [3.63, 3.8) is 0 Å². The topological polar surface area (TPSA) is 42.3 Å². The summed E-state index contributed by atoms with van der Waals surface area (Å²) in [7, 11) is 0. The van der Waals surface area contributed by atoms with Crippen molar-refractivity contribution in [2.45, 2.75) is 77.0 Å². The Morgan fingerprint density at radius 2 is 2.14 bits per heavy atom. The lowest BCUT2D eigenvalue weighted by Crippen LogP contribution is -2.59. The van der Waals surface area contributed by atoms with Crippen molar-refractivity contribution in [1.29, 1.82) is 5.26 Å². The van der Waals surface area contributed by atoms with Crippen molar-refractivity contribution in [3.8, 4) is 6.07 Å². The molecule has 0 spiro atoms. The molecule has 21 heavy (non-hydrogen) atoms. The van der Waals surface area contributed by atoms with Crippen LogP contribution in [0.5, 0.6) is 0 Å². The highest BCUT2D eigenvalue weighted by Gasteiger charge is 2.40. The van der Waals surface area contributed by atoms with Crippen LogP contribution in [-0.4, -0.2) is 59.6 Å². The maximum Gasteiger partial charge on any atom is 0.108 e. The number of nitrogens with one attached hydrogen (secondary N) is 1.